The van der Waals surface area contributed by atoms with E-state index in [2.05, 4.69) is 6.92 Å². The first-order valence-electron chi connectivity index (χ1n) is 7.16. The van der Waals surface area contributed by atoms with Gasteiger partial charge in [-0.1, -0.05) is 26.2 Å². The fourth-order valence-electron chi connectivity index (χ4n) is 2.91. The van der Waals surface area contributed by atoms with E-state index in [1.54, 1.807) is 0 Å². The maximum atomic E-state index is 12.3. The molecule has 2 aliphatic rings. The van der Waals surface area contributed by atoms with E-state index < -0.39 is 5.60 Å². The van der Waals surface area contributed by atoms with Crippen LogP contribution in [0.15, 0.2) is 0 Å². The third-order valence-corrected chi connectivity index (χ3v) is 4.04. The zero-order valence-electron chi connectivity index (χ0n) is 11.0. The van der Waals surface area contributed by atoms with Gasteiger partial charge >= 0.3 is 0 Å². The summed E-state index contributed by atoms with van der Waals surface area (Å²) in [6.07, 6.45) is 8.64. The lowest BCUT2D eigenvalue weighted by atomic mass is 9.82. The Bertz CT molecular complexity index is 267. The second-order valence-corrected chi connectivity index (χ2v) is 5.78. The number of hydrogen-bond donors (Lipinski definition) is 1. The van der Waals surface area contributed by atoms with Crippen LogP contribution in [-0.4, -0.2) is 34.1 Å². The highest BCUT2D eigenvalue weighted by Crippen LogP contribution is 2.33. The van der Waals surface area contributed by atoms with Gasteiger partial charge < -0.3 is 10.0 Å². The van der Waals surface area contributed by atoms with E-state index in [1.807, 2.05) is 4.90 Å². The molecule has 0 atom stereocenters. The lowest BCUT2D eigenvalue weighted by molar-refractivity contribution is -0.138. The largest absolute Gasteiger partial charge is 0.389 e. The number of aliphatic hydroxyl groups is 1. The lowest BCUT2D eigenvalue weighted by Gasteiger charge is -2.33. The minimum atomic E-state index is -0.698. The average molecular weight is 239 g/mol. The first kappa shape index (κ1) is 12.9. The molecule has 0 aliphatic heterocycles. The summed E-state index contributed by atoms with van der Waals surface area (Å²) in [5.41, 5.74) is -0.698. The molecular weight excluding hydrogens is 214 g/mol. The predicted molar refractivity (Wildman–Crippen MR) is 67.7 cm³/mol. The number of carbonyl (C=O) groups excluding carboxylic acids is 1. The fourth-order valence-corrected chi connectivity index (χ4v) is 2.91. The highest BCUT2D eigenvalue weighted by atomic mass is 16.3. The first-order valence-corrected chi connectivity index (χ1v) is 7.16. The third-order valence-electron chi connectivity index (χ3n) is 4.04. The van der Waals surface area contributed by atoms with Gasteiger partial charge in [-0.05, 0) is 32.1 Å². The molecule has 1 N–H and O–H groups in total. The van der Waals surface area contributed by atoms with Crippen molar-refractivity contribution < 1.29 is 9.90 Å². The van der Waals surface area contributed by atoms with Crippen LogP contribution in [0.2, 0.25) is 0 Å². The van der Waals surface area contributed by atoms with Crippen molar-refractivity contribution in [2.24, 2.45) is 0 Å². The molecule has 3 nitrogen and oxygen atoms in total. The van der Waals surface area contributed by atoms with Crippen molar-refractivity contribution in [2.75, 3.05) is 6.54 Å². The first-order chi connectivity index (χ1) is 8.14. The molecule has 0 aromatic carbocycles. The third kappa shape index (κ3) is 3.44. The maximum absolute atomic E-state index is 12.3. The van der Waals surface area contributed by atoms with E-state index in [0.29, 0.717) is 12.5 Å². The van der Waals surface area contributed by atoms with Crippen molar-refractivity contribution in [3.8, 4) is 0 Å². The van der Waals surface area contributed by atoms with Crippen LogP contribution in [0.1, 0.15) is 64.7 Å². The molecule has 2 rings (SSSR count). The number of amides is 1. The monoisotopic (exact) mass is 239 g/mol. The molecule has 3 heteroatoms. The highest BCUT2D eigenvalue weighted by Gasteiger charge is 2.37. The van der Waals surface area contributed by atoms with Crippen LogP contribution >= 0.6 is 0 Å². The van der Waals surface area contributed by atoms with Gasteiger partial charge in [-0.2, -0.15) is 0 Å². The smallest absolute Gasteiger partial charge is 0.225 e. The summed E-state index contributed by atoms with van der Waals surface area (Å²) in [5.74, 6) is 0.179. The average Bonchev–Trinajstić information content (AvgIpc) is 3.10. The van der Waals surface area contributed by atoms with Crippen molar-refractivity contribution in [1.29, 1.82) is 0 Å². The number of nitrogens with zero attached hydrogens (tertiary/aromatic N) is 1. The predicted octanol–water partition coefficient (Wildman–Crippen LogP) is 2.47. The van der Waals surface area contributed by atoms with Crippen LogP contribution in [0.3, 0.4) is 0 Å². The van der Waals surface area contributed by atoms with Gasteiger partial charge in [0.05, 0.1) is 12.0 Å². The summed E-state index contributed by atoms with van der Waals surface area (Å²) < 4.78 is 0. The van der Waals surface area contributed by atoms with E-state index in [1.165, 1.54) is 6.42 Å². The van der Waals surface area contributed by atoms with Gasteiger partial charge in [-0.3, -0.25) is 4.79 Å². The molecule has 98 valence electrons. The topological polar surface area (TPSA) is 40.5 Å². The summed E-state index contributed by atoms with van der Waals surface area (Å²) in [4.78, 5) is 14.3. The molecule has 1 amide bonds. The minimum Gasteiger partial charge on any atom is -0.389 e. The second-order valence-electron chi connectivity index (χ2n) is 5.78. The summed E-state index contributed by atoms with van der Waals surface area (Å²) in [6, 6.07) is 0.481. The second kappa shape index (κ2) is 5.38. The molecule has 2 aliphatic carbocycles. The van der Waals surface area contributed by atoms with E-state index >= 15 is 0 Å². The van der Waals surface area contributed by atoms with Gasteiger partial charge in [-0.15, -0.1) is 0 Å². The molecule has 2 fully saturated rings. The van der Waals surface area contributed by atoms with Crippen molar-refractivity contribution >= 4 is 5.91 Å². The Morgan fingerprint density at radius 3 is 2.47 bits per heavy atom. The highest BCUT2D eigenvalue weighted by molar-refractivity contribution is 5.78. The molecular formula is C14H25NO2. The SMILES string of the molecule is CCCN(C(=O)CC1(O)CCCCC1)C1CC1. The normalized spacial score (nSPS) is 23.4. The molecule has 0 spiro atoms. The van der Waals surface area contributed by atoms with Gasteiger partial charge in [-0.25, -0.2) is 0 Å². The lowest BCUT2D eigenvalue weighted by Crippen LogP contribution is -2.41. The van der Waals surface area contributed by atoms with Crippen LogP contribution in [0.4, 0.5) is 0 Å². The molecule has 0 unspecified atom stereocenters. The van der Waals surface area contributed by atoms with E-state index in [0.717, 1.165) is 51.5 Å². The fraction of sp³-hybridized carbons (Fsp3) is 0.929. The van der Waals surface area contributed by atoms with Gasteiger partial charge in [0, 0.05) is 12.6 Å². The Hall–Kier alpha value is -0.570. The summed E-state index contributed by atoms with van der Waals surface area (Å²) >= 11 is 0. The van der Waals surface area contributed by atoms with E-state index in [9.17, 15) is 9.90 Å². The molecule has 0 aromatic rings. The Kier molecular flexibility index (Phi) is 4.08. The van der Waals surface area contributed by atoms with Gasteiger partial charge in [0.1, 0.15) is 0 Å². The molecule has 0 aromatic heterocycles. The number of carbonyl (C=O) groups is 1. The number of hydrogen-bond acceptors (Lipinski definition) is 2. The van der Waals surface area contributed by atoms with Crippen LogP contribution in [-0.2, 0) is 4.79 Å². The Labute approximate surface area is 104 Å². The number of rotatable bonds is 5. The molecule has 17 heavy (non-hydrogen) atoms. The van der Waals surface area contributed by atoms with Crippen molar-refractivity contribution in [3.05, 3.63) is 0 Å². The van der Waals surface area contributed by atoms with Crippen molar-refractivity contribution in [1.82, 2.24) is 4.90 Å². The summed E-state index contributed by atoms with van der Waals surface area (Å²) in [6.45, 7) is 2.97. The van der Waals surface area contributed by atoms with Gasteiger partial charge in [0.15, 0.2) is 0 Å². The van der Waals surface area contributed by atoms with Crippen LogP contribution < -0.4 is 0 Å². The Balaban J connectivity index is 1.89. The van der Waals surface area contributed by atoms with E-state index in [-0.39, 0.29) is 5.91 Å². The van der Waals surface area contributed by atoms with Crippen molar-refractivity contribution in [3.63, 3.8) is 0 Å². The van der Waals surface area contributed by atoms with Crippen LogP contribution in [0.25, 0.3) is 0 Å². The van der Waals surface area contributed by atoms with Crippen molar-refractivity contribution in [2.45, 2.75) is 76.4 Å². The summed E-state index contributed by atoms with van der Waals surface area (Å²) in [7, 11) is 0. The Morgan fingerprint density at radius 2 is 1.94 bits per heavy atom. The van der Waals surface area contributed by atoms with Gasteiger partial charge in [0.25, 0.3) is 0 Å². The molecule has 0 radical (unpaired) electrons. The molecule has 0 saturated heterocycles. The Morgan fingerprint density at radius 1 is 1.29 bits per heavy atom. The zero-order valence-corrected chi connectivity index (χ0v) is 11.0. The molecule has 2 saturated carbocycles. The van der Waals surface area contributed by atoms with Crippen LogP contribution in [0, 0.1) is 0 Å². The summed E-state index contributed by atoms with van der Waals surface area (Å²) in [5, 5.41) is 10.4. The maximum Gasteiger partial charge on any atom is 0.225 e. The quantitative estimate of drug-likeness (QED) is 0.800. The standard InChI is InChI=1S/C14H25NO2/c1-2-10-15(12-6-7-12)13(16)11-14(17)8-4-3-5-9-14/h12,17H,2-11H2,1H3. The molecule has 0 bridgehead atoms. The zero-order chi connectivity index (χ0) is 12.3. The van der Waals surface area contributed by atoms with Crippen LogP contribution in [0.5, 0.6) is 0 Å². The van der Waals surface area contributed by atoms with Gasteiger partial charge in [0.2, 0.25) is 5.91 Å². The molecule has 0 heterocycles. The van der Waals surface area contributed by atoms with E-state index in [4.69, 9.17) is 0 Å². The minimum absolute atomic E-state index is 0.179.